The number of rotatable bonds is 4. The smallest absolute Gasteiger partial charge is 0.262 e. The molecule has 8 heteroatoms. The Morgan fingerprint density at radius 3 is 2.81 bits per heavy atom. The summed E-state index contributed by atoms with van der Waals surface area (Å²) in [4.78, 5) is 12.2. The highest BCUT2D eigenvalue weighted by Crippen LogP contribution is 2.26. The third-order valence-corrected chi connectivity index (χ3v) is 6.22. The zero-order chi connectivity index (χ0) is 18.7. The van der Waals surface area contributed by atoms with Crippen molar-refractivity contribution < 1.29 is 17.6 Å². The largest absolute Gasteiger partial charge is 0.457 e. The number of benzene rings is 1. The fraction of sp³-hybridized carbons (Fsp3) is 0.222. The molecule has 1 aliphatic heterocycles. The fourth-order valence-corrected chi connectivity index (χ4v) is 4.76. The summed E-state index contributed by atoms with van der Waals surface area (Å²) in [5, 5.41) is 11.8. The molecule has 0 radical (unpaired) electrons. The van der Waals surface area contributed by atoms with Crippen LogP contribution in [0, 0.1) is 11.3 Å². The standard InChI is InChI=1S/C18H15BrN2O4S/c19-14-3-1-2-12(8-14)17-5-4-16(25-17)9-13(10-20)18(22)21-15-6-7-26(23,24)11-15/h1-5,8-9,15H,6-7,11H2,(H,21,22)/b13-9+. The number of hydrogen-bond donors (Lipinski definition) is 1. The lowest BCUT2D eigenvalue weighted by Gasteiger charge is -2.09. The molecule has 1 atom stereocenters. The van der Waals surface area contributed by atoms with E-state index in [1.165, 1.54) is 6.08 Å². The van der Waals surface area contributed by atoms with Crippen molar-refractivity contribution in [1.29, 1.82) is 5.26 Å². The summed E-state index contributed by atoms with van der Waals surface area (Å²) in [6.45, 7) is 0. The van der Waals surface area contributed by atoms with Crippen molar-refractivity contribution in [3.63, 3.8) is 0 Å². The van der Waals surface area contributed by atoms with Gasteiger partial charge in [-0.15, -0.1) is 0 Å². The second kappa shape index (κ2) is 7.48. The van der Waals surface area contributed by atoms with Gasteiger partial charge in [0.25, 0.3) is 5.91 Å². The lowest BCUT2D eigenvalue weighted by atomic mass is 10.2. The van der Waals surface area contributed by atoms with Crippen LogP contribution in [0.4, 0.5) is 0 Å². The van der Waals surface area contributed by atoms with Gasteiger partial charge in [-0.25, -0.2) is 8.42 Å². The molecule has 0 aliphatic carbocycles. The van der Waals surface area contributed by atoms with E-state index in [1.807, 2.05) is 30.3 Å². The summed E-state index contributed by atoms with van der Waals surface area (Å²) in [5.74, 6) is 0.334. The molecule has 1 unspecified atom stereocenters. The molecule has 1 aromatic carbocycles. The molecule has 1 aliphatic rings. The second-order valence-electron chi connectivity index (χ2n) is 5.96. The van der Waals surface area contributed by atoms with E-state index in [2.05, 4.69) is 21.2 Å². The van der Waals surface area contributed by atoms with Crippen molar-refractivity contribution in [1.82, 2.24) is 5.32 Å². The molecular formula is C18H15BrN2O4S. The monoisotopic (exact) mass is 434 g/mol. The Bertz CT molecular complexity index is 1020. The number of nitrogens with zero attached hydrogens (tertiary/aromatic N) is 1. The van der Waals surface area contributed by atoms with Gasteiger partial charge in [0.2, 0.25) is 0 Å². The van der Waals surface area contributed by atoms with Gasteiger partial charge < -0.3 is 9.73 Å². The Morgan fingerprint density at radius 1 is 1.35 bits per heavy atom. The van der Waals surface area contributed by atoms with Crippen molar-refractivity contribution in [3.05, 3.63) is 52.2 Å². The van der Waals surface area contributed by atoms with Crippen LogP contribution >= 0.6 is 15.9 Å². The summed E-state index contributed by atoms with van der Waals surface area (Å²) >= 11 is 3.39. The van der Waals surface area contributed by atoms with Crippen molar-refractivity contribution in [2.24, 2.45) is 0 Å². The van der Waals surface area contributed by atoms with E-state index in [-0.39, 0.29) is 17.1 Å². The van der Waals surface area contributed by atoms with Crippen LogP contribution in [0.5, 0.6) is 0 Å². The normalized spacial score (nSPS) is 19.1. The maximum absolute atomic E-state index is 12.2. The third kappa shape index (κ3) is 4.42. The van der Waals surface area contributed by atoms with E-state index in [1.54, 1.807) is 12.1 Å². The van der Waals surface area contributed by atoms with E-state index in [4.69, 9.17) is 4.42 Å². The van der Waals surface area contributed by atoms with Crippen molar-refractivity contribution in [2.75, 3.05) is 11.5 Å². The number of nitrogens with one attached hydrogen (secondary N) is 1. The van der Waals surface area contributed by atoms with Gasteiger partial charge in [0, 0.05) is 22.2 Å². The molecule has 6 nitrogen and oxygen atoms in total. The molecule has 1 N–H and O–H groups in total. The Kier molecular flexibility index (Phi) is 5.30. The molecular weight excluding hydrogens is 420 g/mol. The minimum absolute atomic E-state index is 0.0533. The molecule has 1 aromatic heterocycles. The lowest BCUT2D eigenvalue weighted by Crippen LogP contribution is -2.36. The van der Waals surface area contributed by atoms with Gasteiger partial charge in [-0.05, 0) is 30.7 Å². The van der Waals surface area contributed by atoms with Gasteiger partial charge in [0.05, 0.1) is 11.5 Å². The molecule has 134 valence electrons. The van der Waals surface area contributed by atoms with Crippen LogP contribution < -0.4 is 5.32 Å². The van der Waals surface area contributed by atoms with Gasteiger partial charge in [-0.2, -0.15) is 5.26 Å². The Morgan fingerprint density at radius 2 is 2.15 bits per heavy atom. The number of amides is 1. The molecule has 0 saturated carbocycles. The molecule has 2 aromatic rings. The van der Waals surface area contributed by atoms with Crippen LogP contribution in [0.2, 0.25) is 0 Å². The molecule has 1 amide bonds. The van der Waals surface area contributed by atoms with Gasteiger partial charge in [0.15, 0.2) is 9.84 Å². The Balaban J connectivity index is 1.75. The first kappa shape index (κ1) is 18.4. The SMILES string of the molecule is N#C/C(=C\c1ccc(-c2cccc(Br)c2)o1)C(=O)NC1CCS(=O)(=O)C1. The van der Waals surface area contributed by atoms with Gasteiger partial charge in [-0.1, -0.05) is 28.1 Å². The van der Waals surface area contributed by atoms with Crippen LogP contribution in [0.15, 0.2) is 50.9 Å². The Hall–Kier alpha value is -2.37. The number of hydrogen-bond acceptors (Lipinski definition) is 5. The minimum Gasteiger partial charge on any atom is -0.457 e. The van der Waals surface area contributed by atoms with E-state index in [9.17, 15) is 18.5 Å². The summed E-state index contributed by atoms with van der Waals surface area (Å²) in [5.41, 5.74) is 0.725. The number of halogens is 1. The van der Waals surface area contributed by atoms with Gasteiger partial charge >= 0.3 is 0 Å². The molecule has 26 heavy (non-hydrogen) atoms. The van der Waals surface area contributed by atoms with Crippen molar-refractivity contribution in [3.8, 4) is 17.4 Å². The third-order valence-electron chi connectivity index (χ3n) is 3.96. The van der Waals surface area contributed by atoms with E-state index < -0.39 is 21.8 Å². The fourth-order valence-electron chi connectivity index (χ4n) is 2.69. The molecule has 2 heterocycles. The quantitative estimate of drug-likeness (QED) is 0.588. The zero-order valence-corrected chi connectivity index (χ0v) is 16.0. The zero-order valence-electron chi connectivity index (χ0n) is 13.6. The van der Waals surface area contributed by atoms with Crippen LogP contribution in [0.25, 0.3) is 17.4 Å². The highest BCUT2D eigenvalue weighted by molar-refractivity contribution is 9.10. The number of nitriles is 1. The minimum atomic E-state index is -3.10. The van der Waals surface area contributed by atoms with Crippen LogP contribution in [0.1, 0.15) is 12.2 Å². The summed E-state index contributed by atoms with van der Waals surface area (Å²) < 4.78 is 29.5. The second-order valence-corrected chi connectivity index (χ2v) is 9.10. The maximum Gasteiger partial charge on any atom is 0.262 e. The number of furan rings is 1. The van der Waals surface area contributed by atoms with Gasteiger partial charge in [0.1, 0.15) is 23.2 Å². The number of carbonyl (C=O) groups excluding carboxylic acids is 1. The topological polar surface area (TPSA) is 100 Å². The maximum atomic E-state index is 12.2. The predicted molar refractivity (Wildman–Crippen MR) is 101 cm³/mol. The lowest BCUT2D eigenvalue weighted by molar-refractivity contribution is -0.117. The van der Waals surface area contributed by atoms with Gasteiger partial charge in [-0.3, -0.25) is 4.79 Å². The van der Waals surface area contributed by atoms with Crippen LogP contribution in [0.3, 0.4) is 0 Å². The average molecular weight is 435 g/mol. The van der Waals surface area contributed by atoms with E-state index in [0.29, 0.717) is 17.9 Å². The first-order chi connectivity index (χ1) is 12.4. The molecule has 0 bridgehead atoms. The first-order valence-electron chi connectivity index (χ1n) is 7.85. The predicted octanol–water partition coefficient (Wildman–Crippen LogP) is 2.92. The number of carbonyl (C=O) groups is 1. The van der Waals surface area contributed by atoms with Crippen molar-refractivity contribution in [2.45, 2.75) is 12.5 Å². The van der Waals surface area contributed by atoms with Crippen molar-refractivity contribution >= 4 is 37.8 Å². The molecule has 3 rings (SSSR count). The Labute approximate surface area is 159 Å². The first-order valence-corrected chi connectivity index (χ1v) is 10.5. The summed E-state index contributed by atoms with van der Waals surface area (Å²) in [6, 6.07) is 12.3. The van der Waals surface area contributed by atoms with E-state index in [0.717, 1.165) is 10.0 Å². The van der Waals surface area contributed by atoms with Crippen LogP contribution in [-0.4, -0.2) is 31.9 Å². The van der Waals surface area contributed by atoms with Crippen LogP contribution in [-0.2, 0) is 14.6 Å². The molecule has 0 spiro atoms. The highest BCUT2D eigenvalue weighted by Gasteiger charge is 2.29. The van der Waals surface area contributed by atoms with E-state index >= 15 is 0 Å². The molecule has 1 saturated heterocycles. The summed E-state index contributed by atoms with van der Waals surface area (Å²) in [6.07, 6.45) is 1.71. The average Bonchev–Trinajstić information content (AvgIpc) is 3.18. The number of sulfone groups is 1. The summed E-state index contributed by atoms with van der Waals surface area (Å²) in [7, 11) is -3.10. The highest BCUT2D eigenvalue weighted by atomic mass is 79.9. The molecule has 1 fully saturated rings.